The summed E-state index contributed by atoms with van der Waals surface area (Å²) in [6.45, 7) is 0. The van der Waals surface area contributed by atoms with Gasteiger partial charge in [-0.05, 0) is 12.8 Å². The van der Waals surface area contributed by atoms with Gasteiger partial charge in [-0.2, -0.15) is 0 Å². The van der Waals surface area contributed by atoms with Crippen LogP contribution in [0.5, 0.6) is 0 Å². The molecule has 1 aliphatic rings. The number of carbonyl (C=O) groups excluding carboxylic acids is 2. The summed E-state index contributed by atoms with van der Waals surface area (Å²) < 4.78 is 5.84. The maximum atomic E-state index is 12.3. The van der Waals surface area contributed by atoms with Gasteiger partial charge in [-0.15, -0.1) is 10.2 Å². The maximum Gasteiger partial charge on any atom is 0.279 e. The van der Waals surface area contributed by atoms with Crippen LogP contribution in [-0.2, 0) is 4.79 Å². The average Bonchev–Trinajstić information content (AvgIpc) is 3.18. The first-order valence-corrected chi connectivity index (χ1v) is 10.1. The molecule has 1 aliphatic carbocycles. The molecule has 1 aromatic carbocycles. The second kappa shape index (κ2) is 7.89. The zero-order valence-electron chi connectivity index (χ0n) is 14.0. The largest absolute Gasteiger partial charge is 0.355 e. The Hall–Kier alpha value is -2.72. The number of benzene rings is 1. The summed E-state index contributed by atoms with van der Waals surface area (Å²) in [5.74, 6) is 0.346. The number of anilines is 1. The zero-order chi connectivity index (χ0) is 18.6. The molecule has 0 bridgehead atoms. The first-order chi connectivity index (χ1) is 13.2. The molecule has 0 saturated heterocycles. The Morgan fingerprint density at radius 1 is 1.22 bits per heavy atom. The molecule has 0 spiro atoms. The third kappa shape index (κ3) is 4.72. The normalized spacial score (nSPS) is 13.3. The van der Waals surface area contributed by atoms with Crippen LogP contribution in [0.1, 0.15) is 23.3 Å². The van der Waals surface area contributed by atoms with Gasteiger partial charge in [0.25, 0.3) is 5.91 Å². The summed E-state index contributed by atoms with van der Waals surface area (Å²) in [7, 11) is 0. The van der Waals surface area contributed by atoms with E-state index in [-0.39, 0.29) is 17.4 Å². The molecule has 3 aromatic rings. The molecular formula is C17H15N5O3S2. The lowest BCUT2D eigenvalue weighted by molar-refractivity contribution is -0.118. The quantitative estimate of drug-likeness (QED) is 0.463. The van der Waals surface area contributed by atoms with Crippen molar-refractivity contribution in [2.75, 3.05) is 11.1 Å². The number of carbonyl (C=O) groups is 2. The molecule has 2 aromatic heterocycles. The van der Waals surface area contributed by atoms with E-state index in [1.54, 1.807) is 6.07 Å². The lowest BCUT2D eigenvalue weighted by Crippen LogP contribution is -2.26. The minimum absolute atomic E-state index is 0.0145. The highest BCUT2D eigenvalue weighted by Gasteiger charge is 2.23. The van der Waals surface area contributed by atoms with Crippen molar-refractivity contribution in [3.8, 4) is 11.3 Å². The summed E-state index contributed by atoms with van der Waals surface area (Å²) in [6.07, 6.45) is 2.11. The predicted octanol–water partition coefficient (Wildman–Crippen LogP) is 2.82. The van der Waals surface area contributed by atoms with Gasteiger partial charge in [0.15, 0.2) is 15.8 Å². The number of amides is 2. The van der Waals surface area contributed by atoms with Crippen LogP contribution in [-0.4, -0.2) is 39.0 Å². The maximum absolute atomic E-state index is 12.3. The fourth-order valence-electron chi connectivity index (χ4n) is 2.22. The molecule has 2 amide bonds. The molecule has 2 heterocycles. The van der Waals surface area contributed by atoms with Crippen LogP contribution in [0.2, 0.25) is 0 Å². The summed E-state index contributed by atoms with van der Waals surface area (Å²) in [4.78, 5) is 24.0. The molecule has 0 atom stereocenters. The highest BCUT2D eigenvalue weighted by molar-refractivity contribution is 8.01. The van der Waals surface area contributed by atoms with Gasteiger partial charge in [-0.1, -0.05) is 58.6 Å². The monoisotopic (exact) mass is 401 g/mol. The van der Waals surface area contributed by atoms with Crippen molar-refractivity contribution in [3.63, 3.8) is 0 Å². The fourth-order valence-corrected chi connectivity index (χ4v) is 3.78. The number of hydrogen-bond donors (Lipinski definition) is 2. The Balaban J connectivity index is 1.32. The second-order valence-corrected chi connectivity index (χ2v) is 8.10. The lowest BCUT2D eigenvalue weighted by atomic mass is 10.1. The van der Waals surface area contributed by atoms with Crippen molar-refractivity contribution >= 4 is 40.0 Å². The Morgan fingerprint density at radius 3 is 2.81 bits per heavy atom. The van der Waals surface area contributed by atoms with E-state index in [0.29, 0.717) is 21.3 Å². The Labute approximate surface area is 162 Å². The van der Waals surface area contributed by atoms with Crippen molar-refractivity contribution in [2.45, 2.75) is 23.2 Å². The number of rotatable bonds is 7. The van der Waals surface area contributed by atoms with Crippen LogP contribution < -0.4 is 10.6 Å². The van der Waals surface area contributed by atoms with Gasteiger partial charge < -0.3 is 9.84 Å². The predicted molar refractivity (Wildman–Crippen MR) is 102 cm³/mol. The van der Waals surface area contributed by atoms with Crippen LogP contribution in [0.15, 0.2) is 45.3 Å². The number of aromatic nitrogens is 3. The molecule has 1 fully saturated rings. The van der Waals surface area contributed by atoms with Crippen LogP contribution in [0.25, 0.3) is 11.3 Å². The molecule has 27 heavy (non-hydrogen) atoms. The van der Waals surface area contributed by atoms with Crippen LogP contribution in [0.3, 0.4) is 0 Å². The van der Waals surface area contributed by atoms with Crippen molar-refractivity contribution in [3.05, 3.63) is 42.1 Å². The van der Waals surface area contributed by atoms with E-state index in [0.717, 1.165) is 18.4 Å². The number of thioether (sulfide) groups is 1. The highest BCUT2D eigenvalue weighted by Crippen LogP contribution is 2.27. The molecule has 0 unspecified atom stereocenters. The van der Waals surface area contributed by atoms with Gasteiger partial charge in [-0.25, -0.2) is 0 Å². The topological polar surface area (TPSA) is 110 Å². The van der Waals surface area contributed by atoms with Crippen LogP contribution >= 0.6 is 23.1 Å². The van der Waals surface area contributed by atoms with Crippen LogP contribution in [0.4, 0.5) is 5.13 Å². The Bertz CT molecular complexity index is 952. The minimum atomic E-state index is -0.430. The lowest BCUT2D eigenvalue weighted by Gasteiger charge is -2.00. The van der Waals surface area contributed by atoms with Gasteiger partial charge in [-0.3, -0.25) is 14.9 Å². The van der Waals surface area contributed by atoms with E-state index in [4.69, 9.17) is 4.52 Å². The van der Waals surface area contributed by atoms with Crippen LogP contribution in [0, 0.1) is 0 Å². The molecule has 138 valence electrons. The molecule has 4 rings (SSSR count). The third-order valence-corrected chi connectivity index (χ3v) is 5.67. The molecule has 2 N–H and O–H groups in total. The van der Waals surface area contributed by atoms with E-state index in [1.807, 2.05) is 30.3 Å². The van der Waals surface area contributed by atoms with Gasteiger partial charge in [0.2, 0.25) is 11.0 Å². The van der Waals surface area contributed by atoms with E-state index in [2.05, 4.69) is 26.0 Å². The molecule has 0 aliphatic heterocycles. The summed E-state index contributed by atoms with van der Waals surface area (Å²) in [6, 6.07) is 11.3. The summed E-state index contributed by atoms with van der Waals surface area (Å²) in [5, 5.41) is 17.6. The summed E-state index contributed by atoms with van der Waals surface area (Å²) in [5.41, 5.74) is 0.991. The van der Waals surface area contributed by atoms with E-state index in [1.165, 1.54) is 23.1 Å². The average molecular weight is 401 g/mol. The Kier molecular flexibility index (Phi) is 5.16. The van der Waals surface area contributed by atoms with Gasteiger partial charge in [0.1, 0.15) is 0 Å². The standard InChI is InChI=1S/C17H15N5O3S2/c23-14(18-11-6-7-11)9-26-17-21-20-16(27-17)19-15(24)12-8-13(25-22-12)10-4-2-1-3-5-10/h1-5,8,11H,6-7,9H2,(H,18,23)(H,19,20,24). The van der Waals surface area contributed by atoms with E-state index in [9.17, 15) is 9.59 Å². The fraction of sp³-hybridized carbons (Fsp3) is 0.235. The summed E-state index contributed by atoms with van der Waals surface area (Å²) >= 11 is 2.50. The second-order valence-electron chi connectivity index (χ2n) is 5.90. The van der Waals surface area contributed by atoms with E-state index < -0.39 is 5.91 Å². The number of nitrogens with zero attached hydrogens (tertiary/aromatic N) is 3. The number of nitrogens with one attached hydrogen (secondary N) is 2. The van der Waals surface area contributed by atoms with Crippen molar-refractivity contribution in [2.24, 2.45) is 0 Å². The zero-order valence-corrected chi connectivity index (χ0v) is 15.7. The first kappa shape index (κ1) is 17.7. The smallest absolute Gasteiger partial charge is 0.279 e. The minimum Gasteiger partial charge on any atom is -0.355 e. The molecular weight excluding hydrogens is 386 g/mol. The highest BCUT2D eigenvalue weighted by atomic mass is 32.2. The van der Waals surface area contributed by atoms with Crippen molar-refractivity contribution < 1.29 is 14.1 Å². The van der Waals surface area contributed by atoms with Gasteiger partial charge in [0, 0.05) is 17.7 Å². The molecule has 10 heteroatoms. The third-order valence-electron chi connectivity index (χ3n) is 3.70. The van der Waals surface area contributed by atoms with Crippen molar-refractivity contribution in [1.29, 1.82) is 0 Å². The molecule has 1 saturated carbocycles. The molecule has 0 radical (unpaired) electrons. The van der Waals surface area contributed by atoms with Gasteiger partial charge in [0.05, 0.1) is 5.75 Å². The first-order valence-electron chi connectivity index (χ1n) is 8.26. The number of hydrogen-bond acceptors (Lipinski definition) is 8. The Morgan fingerprint density at radius 2 is 2.04 bits per heavy atom. The SMILES string of the molecule is O=C(CSc1nnc(NC(=O)c2cc(-c3ccccc3)on2)s1)NC1CC1. The molecule has 8 nitrogen and oxygen atoms in total. The van der Waals surface area contributed by atoms with Crippen molar-refractivity contribution in [1.82, 2.24) is 20.7 Å². The van der Waals surface area contributed by atoms with E-state index >= 15 is 0 Å². The van der Waals surface area contributed by atoms with Gasteiger partial charge >= 0.3 is 0 Å².